The molecule has 0 saturated carbocycles. The van der Waals surface area contributed by atoms with Gasteiger partial charge in [-0.25, -0.2) is 0 Å². The predicted molar refractivity (Wildman–Crippen MR) is 76.5 cm³/mol. The number of nitrogens with zero attached hydrogens (tertiary/aromatic N) is 2. The first kappa shape index (κ1) is 12.5. The van der Waals surface area contributed by atoms with Crippen LogP contribution in [0.1, 0.15) is 26.2 Å². The Hall–Kier alpha value is -1.55. The smallest absolute Gasteiger partial charge is 0.120 e. The molecule has 0 radical (unpaired) electrons. The third-order valence-corrected chi connectivity index (χ3v) is 3.96. The Morgan fingerprint density at radius 3 is 3.26 bits per heavy atom. The number of likely N-dealkylation sites (tertiary alicyclic amines) is 1. The molecule has 3 rings (SSSR count). The Labute approximate surface area is 113 Å². The minimum absolute atomic E-state index is 0.752. The summed E-state index contributed by atoms with van der Waals surface area (Å²) in [6, 6.07) is 6.80. The number of aromatic nitrogens is 2. The third kappa shape index (κ3) is 2.89. The number of rotatable bonds is 5. The normalized spacial score (nSPS) is 20.2. The fourth-order valence-corrected chi connectivity index (χ4v) is 2.79. The average Bonchev–Trinajstić information content (AvgIpc) is 3.03. The first-order chi connectivity index (χ1) is 9.33. The Morgan fingerprint density at radius 2 is 2.42 bits per heavy atom. The van der Waals surface area contributed by atoms with Crippen LogP contribution in [0.25, 0.3) is 10.9 Å². The van der Waals surface area contributed by atoms with Crippen molar-refractivity contribution in [2.75, 3.05) is 19.7 Å². The van der Waals surface area contributed by atoms with Crippen molar-refractivity contribution in [2.24, 2.45) is 0 Å². The van der Waals surface area contributed by atoms with Gasteiger partial charge in [0.25, 0.3) is 0 Å². The first-order valence-electron chi connectivity index (χ1n) is 7.13. The summed E-state index contributed by atoms with van der Waals surface area (Å²) in [4.78, 5) is 2.56. The van der Waals surface area contributed by atoms with E-state index in [1.165, 1.54) is 19.4 Å². The molecule has 1 aromatic carbocycles. The van der Waals surface area contributed by atoms with Crippen molar-refractivity contribution in [1.82, 2.24) is 15.1 Å². The molecular weight excluding hydrogens is 238 g/mol. The molecule has 1 saturated heterocycles. The van der Waals surface area contributed by atoms with E-state index in [1.807, 2.05) is 24.4 Å². The summed E-state index contributed by atoms with van der Waals surface area (Å²) in [6.07, 6.45) is 5.61. The predicted octanol–water partition coefficient (Wildman–Crippen LogP) is 2.82. The van der Waals surface area contributed by atoms with Gasteiger partial charge in [-0.05, 0) is 50.9 Å². The monoisotopic (exact) mass is 259 g/mol. The molecule has 1 aliphatic rings. The van der Waals surface area contributed by atoms with E-state index in [0.29, 0.717) is 0 Å². The summed E-state index contributed by atoms with van der Waals surface area (Å²) < 4.78 is 5.81. The lowest BCUT2D eigenvalue weighted by Gasteiger charge is -2.20. The van der Waals surface area contributed by atoms with Gasteiger partial charge in [-0.1, -0.05) is 0 Å². The van der Waals surface area contributed by atoms with Crippen LogP contribution in [0.5, 0.6) is 5.75 Å². The quantitative estimate of drug-likeness (QED) is 0.839. The molecule has 1 atom stereocenters. The van der Waals surface area contributed by atoms with E-state index in [9.17, 15) is 0 Å². The molecule has 1 aromatic heterocycles. The first-order valence-corrected chi connectivity index (χ1v) is 7.13. The number of ether oxygens (including phenoxy) is 1. The standard InChI is InChI=1S/C15H21N3O/c1-12-4-2-7-18(12)8-3-9-19-14-5-6-15-13(10-14)11-16-17-15/h5-6,10-12H,2-4,7-9H2,1H3,(H,16,17)/t12-/m1/s1. The average molecular weight is 259 g/mol. The van der Waals surface area contributed by atoms with Gasteiger partial charge in [-0.2, -0.15) is 5.10 Å². The van der Waals surface area contributed by atoms with Crippen molar-refractivity contribution in [2.45, 2.75) is 32.2 Å². The molecule has 102 valence electrons. The lowest BCUT2D eigenvalue weighted by Crippen LogP contribution is -2.28. The van der Waals surface area contributed by atoms with E-state index in [2.05, 4.69) is 22.0 Å². The van der Waals surface area contributed by atoms with Crippen LogP contribution in [0.2, 0.25) is 0 Å². The maximum absolute atomic E-state index is 5.81. The van der Waals surface area contributed by atoms with Crippen LogP contribution in [0.4, 0.5) is 0 Å². The molecule has 4 nitrogen and oxygen atoms in total. The van der Waals surface area contributed by atoms with E-state index in [4.69, 9.17) is 4.74 Å². The molecule has 4 heteroatoms. The number of hydrogen-bond acceptors (Lipinski definition) is 3. The number of fused-ring (bicyclic) bond motifs is 1. The van der Waals surface area contributed by atoms with Crippen molar-refractivity contribution in [3.05, 3.63) is 24.4 Å². The van der Waals surface area contributed by atoms with E-state index < -0.39 is 0 Å². The van der Waals surface area contributed by atoms with Crippen molar-refractivity contribution >= 4 is 10.9 Å². The minimum Gasteiger partial charge on any atom is -0.494 e. The van der Waals surface area contributed by atoms with Gasteiger partial charge in [0.05, 0.1) is 18.3 Å². The molecule has 1 N–H and O–H groups in total. The largest absolute Gasteiger partial charge is 0.494 e. The van der Waals surface area contributed by atoms with Gasteiger partial charge in [0.15, 0.2) is 0 Å². The third-order valence-electron chi connectivity index (χ3n) is 3.96. The highest BCUT2D eigenvalue weighted by atomic mass is 16.5. The van der Waals surface area contributed by atoms with Crippen molar-refractivity contribution in [1.29, 1.82) is 0 Å². The second-order valence-electron chi connectivity index (χ2n) is 5.35. The minimum atomic E-state index is 0.752. The van der Waals surface area contributed by atoms with Crippen molar-refractivity contribution < 1.29 is 4.74 Å². The molecule has 0 spiro atoms. The summed E-state index contributed by atoms with van der Waals surface area (Å²) >= 11 is 0. The van der Waals surface area contributed by atoms with Gasteiger partial charge in [0.2, 0.25) is 0 Å². The highest BCUT2D eigenvalue weighted by Crippen LogP contribution is 2.19. The lowest BCUT2D eigenvalue weighted by molar-refractivity contribution is 0.230. The Balaban J connectivity index is 1.46. The molecule has 2 aromatic rings. The van der Waals surface area contributed by atoms with Crippen molar-refractivity contribution in [3.63, 3.8) is 0 Å². The fraction of sp³-hybridized carbons (Fsp3) is 0.533. The van der Waals surface area contributed by atoms with E-state index in [1.54, 1.807) is 0 Å². The van der Waals surface area contributed by atoms with Crippen LogP contribution in [-0.4, -0.2) is 40.8 Å². The molecular formula is C15H21N3O. The molecule has 2 heterocycles. The molecule has 1 fully saturated rings. The second kappa shape index (κ2) is 5.61. The molecule has 0 amide bonds. The van der Waals surface area contributed by atoms with Crippen LogP contribution in [-0.2, 0) is 0 Å². The van der Waals surface area contributed by atoms with Gasteiger partial charge >= 0.3 is 0 Å². The van der Waals surface area contributed by atoms with Crippen LogP contribution in [0.15, 0.2) is 24.4 Å². The topological polar surface area (TPSA) is 41.1 Å². The van der Waals surface area contributed by atoms with Gasteiger partial charge in [-0.15, -0.1) is 0 Å². The summed E-state index contributed by atoms with van der Waals surface area (Å²) in [5.74, 6) is 0.934. The van der Waals surface area contributed by atoms with E-state index in [0.717, 1.165) is 42.3 Å². The summed E-state index contributed by atoms with van der Waals surface area (Å²) in [7, 11) is 0. The van der Waals surface area contributed by atoms with Gasteiger partial charge in [0, 0.05) is 18.0 Å². The highest BCUT2D eigenvalue weighted by Gasteiger charge is 2.18. The summed E-state index contributed by atoms with van der Waals surface area (Å²) in [6.45, 7) is 5.50. The Kier molecular flexibility index (Phi) is 3.69. The number of nitrogens with one attached hydrogen (secondary N) is 1. The molecule has 0 aliphatic carbocycles. The van der Waals surface area contributed by atoms with Crippen LogP contribution >= 0.6 is 0 Å². The second-order valence-corrected chi connectivity index (χ2v) is 5.35. The number of hydrogen-bond donors (Lipinski definition) is 1. The van der Waals surface area contributed by atoms with Gasteiger partial charge in [0.1, 0.15) is 5.75 Å². The number of H-pyrrole nitrogens is 1. The zero-order valence-electron chi connectivity index (χ0n) is 11.4. The van der Waals surface area contributed by atoms with E-state index >= 15 is 0 Å². The molecule has 0 bridgehead atoms. The maximum Gasteiger partial charge on any atom is 0.120 e. The van der Waals surface area contributed by atoms with Crippen molar-refractivity contribution in [3.8, 4) is 5.75 Å². The Morgan fingerprint density at radius 1 is 1.47 bits per heavy atom. The van der Waals surface area contributed by atoms with Gasteiger partial charge in [-0.3, -0.25) is 5.10 Å². The fourth-order valence-electron chi connectivity index (χ4n) is 2.79. The zero-order valence-corrected chi connectivity index (χ0v) is 11.4. The molecule has 0 unspecified atom stereocenters. The van der Waals surface area contributed by atoms with Crippen LogP contribution < -0.4 is 4.74 Å². The Bertz CT molecular complexity index is 537. The van der Waals surface area contributed by atoms with Gasteiger partial charge < -0.3 is 9.64 Å². The van der Waals surface area contributed by atoms with Crippen LogP contribution in [0, 0.1) is 0 Å². The number of aromatic amines is 1. The zero-order chi connectivity index (χ0) is 13.1. The molecule has 19 heavy (non-hydrogen) atoms. The maximum atomic E-state index is 5.81. The highest BCUT2D eigenvalue weighted by molar-refractivity contribution is 5.79. The summed E-state index contributed by atoms with van der Waals surface area (Å²) in [5.41, 5.74) is 1.05. The molecule has 1 aliphatic heterocycles. The SMILES string of the molecule is C[C@@H]1CCCN1CCCOc1ccc2[nH]ncc2c1. The van der Waals surface area contributed by atoms with Crippen LogP contribution in [0.3, 0.4) is 0 Å². The lowest BCUT2D eigenvalue weighted by atomic mass is 10.2. The van der Waals surface area contributed by atoms with E-state index in [-0.39, 0.29) is 0 Å². The number of benzene rings is 1. The summed E-state index contributed by atoms with van der Waals surface area (Å²) in [5, 5.41) is 8.06.